The Kier molecular flexibility index (Phi) is 3.05. The molecule has 1 aromatic heterocycles. The van der Waals surface area contributed by atoms with Gasteiger partial charge in [0.05, 0.1) is 18.1 Å². The van der Waals surface area contributed by atoms with E-state index in [4.69, 9.17) is 10.5 Å². The molecule has 0 saturated carbocycles. The summed E-state index contributed by atoms with van der Waals surface area (Å²) in [5.74, 6) is 0.740. The fraction of sp³-hybridized carbons (Fsp3) is 0.154. The number of nitrogens with two attached hydrogens (primary N) is 1. The van der Waals surface area contributed by atoms with E-state index in [2.05, 4.69) is 4.98 Å². The average molecular weight is 214 g/mol. The van der Waals surface area contributed by atoms with Crippen molar-refractivity contribution < 1.29 is 4.74 Å². The van der Waals surface area contributed by atoms with E-state index >= 15 is 0 Å². The molecular formula is C13H14N2O. The van der Waals surface area contributed by atoms with Crippen molar-refractivity contribution in [3.63, 3.8) is 0 Å². The third-order valence-corrected chi connectivity index (χ3v) is 2.45. The van der Waals surface area contributed by atoms with Crippen molar-refractivity contribution in [2.45, 2.75) is 13.5 Å². The number of nitrogens with zero attached hydrogens (tertiary/aromatic N) is 1. The molecule has 2 rings (SSSR count). The summed E-state index contributed by atoms with van der Waals surface area (Å²) < 4.78 is 5.66. The molecule has 0 radical (unpaired) electrons. The second kappa shape index (κ2) is 4.66. The summed E-state index contributed by atoms with van der Waals surface area (Å²) >= 11 is 0. The van der Waals surface area contributed by atoms with Gasteiger partial charge in [-0.25, -0.2) is 0 Å². The van der Waals surface area contributed by atoms with Gasteiger partial charge in [-0.3, -0.25) is 4.98 Å². The Morgan fingerprint density at radius 2 is 1.94 bits per heavy atom. The van der Waals surface area contributed by atoms with E-state index < -0.39 is 0 Å². The predicted octanol–water partition coefficient (Wildman–Crippen LogP) is 2.55. The first kappa shape index (κ1) is 10.5. The fourth-order valence-electron chi connectivity index (χ4n) is 1.40. The summed E-state index contributed by atoms with van der Waals surface area (Å²) in [7, 11) is 0. The topological polar surface area (TPSA) is 48.1 Å². The number of aromatic nitrogens is 1. The highest BCUT2D eigenvalue weighted by Crippen LogP contribution is 2.22. The molecule has 0 fully saturated rings. The average Bonchev–Trinajstić information content (AvgIpc) is 2.32. The van der Waals surface area contributed by atoms with Crippen LogP contribution in [0.2, 0.25) is 0 Å². The largest absolute Gasteiger partial charge is 0.487 e. The summed E-state index contributed by atoms with van der Waals surface area (Å²) in [6.07, 6.45) is 3.32. The van der Waals surface area contributed by atoms with E-state index in [0.29, 0.717) is 12.3 Å². The van der Waals surface area contributed by atoms with Gasteiger partial charge in [-0.05, 0) is 12.5 Å². The summed E-state index contributed by atoms with van der Waals surface area (Å²) in [6.45, 7) is 2.46. The quantitative estimate of drug-likeness (QED) is 0.854. The molecule has 3 nitrogen and oxygen atoms in total. The molecule has 0 aliphatic carbocycles. The normalized spacial score (nSPS) is 10.1. The van der Waals surface area contributed by atoms with Gasteiger partial charge < -0.3 is 10.5 Å². The summed E-state index contributed by atoms with van der Waals surface area (Å²) in [5, 5.41) is 0. The van der Waals surface area contributed by atoms with Crippen LogP contribution in [0.25, 0.3) is 0 Å². The molecule has 3 heteroatoms. The lowest BCUT2D eigenvalue weighted by Crippen LogP contribution is -1.99. The van der Waals surface area contributed by atoms with Crippen LogP contribution in [0.5, 0.6) is 5.75 Å². The number of pyridine rings is 1. The lowest BCUT2D eigenvalue weighted by atomic mass is 10.2. The van der Waals surface area contributed by atoms with Gasteiger partial charge in [0.1, 0.15) is 12.4 Å². The molecule has 0 amide bonds. The highest BCUT2D eigenvalue weighted by molar-refractivity contribution is 5.50. The summed E-state index contributed by atoms with van der Waals surface area (Å²) in [5.41, 5.74) is 8.47. The second-order valence-electron chi connectivity index (χ2n) is 3.63. The van der Waals surface area contributed by atoms with Gasteiger partial charge in [0, 0.05) is 5.56 Å². The van der Waals surface area contributed by atoms with Crippen molar-refractivity contribution in [1.29, 1.82) is 0 Å². The molecule has 0 atom stereocenters. The first-order chi connectivity index (χ1) is 7.77. The van der Waals surface area contributed by atoms with Gasteiger partial charge in [-0.1, -0.05) is 30.3 Å². The van der Waals surface area contributed by atoms with Crippen LogP contribution in [0, 0.1) is 6.92 Å². The third-order valence-electron chi connectivity index (χ3n) is 2.45. The van der Waals surface area contributed by atoms with Crippen LogP contribution in [-0.4, -0.2) is 4.98 Å². The van der Waals surface area contributed by atoms with Crippen molar-refractivity contribution in [1.82, 2.24) is 4.98 Å². The molecule has 2 N–H and O–H groups in total. The van der Waals surface area contributed by atoms with Crippen LogP contribution in [0.15, 0.2) is 42.7 Å². The van der Waals surface area contributed by atoms with Gasteiger partial charge in [-0.15, -0.1) is 0 Å². The van der Waals surface area contributed by atoms with E-state index in [-0.39, 0.29) is 0 Å². The van der Waals surface area contributed by atoms with E-state index in [0.717, 1.165) is 16.9 Å². The van der Waals surface area contributed by atoms with E-state index in [1.165, 1.54) is 0 Å². The van der Waals surface area contributed by atoms with E-state index in [9.17, 15) is 0 Å². The standard InChI is InChI=1S/C13H14N2O/c1-10-12(14)7-15-8-13(10)16-9-11-5-3-2-4-6-11/h2-8H,9,14H2,1H3. The van der Waals surface area contributed by atoms with Crippen LogP contribution in [-0.2, 0) is 6.61 Å². The fourth-order valence-corrected chi connectivity index (χ4v) is 1.40. The number of ether oxygens (including phenoxy) is 1. The maximum absolute atomic E-state index is 5.75. The molecule has 1 aromatic carbocycles. The van der Waals surface area contributed by atoms with Gasteiger partial charge in [-0.2, -0.15) is 0 Å². The molecule has 0 aliphatic rings. The molecular weight excluding hydrogens is 200 g/mol. The maximum Gasteiger partial charge on any atom is 0.143 e. The number of nitrogen functional groups attached to an aromatic ring is 1. The number of benzene rings is 1. The summed E-state index contributed by atoms with van der Waals surface area (Å²) in [4.78, 5) is 4.01. The highest BCUT2D eigenvalue weighted by Gasteiger charge is 2.03. The van der Waals surface area contributed by atoms with Gasteiger partial charge in [0.2, 0.25) is 0 Å². The summed E-state index contributed by atoms with van der Waals surface area (Å²) in [6, 6.07) is 10.0. The zero-order valence-electron chi connectivity index (χ0n) is 9.18. The lowest BCUT2D eigenvalue weighted by molar-refractivity contribution is 0.303. The Bertz CT molecular complexity index is 469. The van der Waals surface area contributed by atoms with E-state index in [1.807, 2.05) is 37.3 Å². The Hall–Kier alpha value is -2.03. The Morgan fingerprint density at radius 3 is 2.69 bits per heavy atom. The highest BCUT2D eigenvalue weighted by atomic mass is 16.5. The van der Waals surface area contributed by atoms with Gasteiger partial charge >= 0.3 is 0 Å². The maximum atomic E-state index is 5.75. The molecule has 2 aromatic rings. The van der Waals surface area contributed by atoms with Crippen LogP contribution >= 0.6 is 0 Å². The molecule has 0 unspecified atom stereocenters. The van der Waals surface area contributed by atoms with Crippen molar-refractivity contribution in [3.05, 3.63) is 53.9 Å². The molecule has 1 heterocycles. The van der Waals surface area contributed by atoms with Crippen molar-refractivity contribution >= 4 is 5.69 Å². The second-order valence-corrected chi connectivity index (χ2v) is 3.63. The molecule has 82 valence electrons. The number of hydrogen-bond acceptors (Lipinski definition) is 3. The van der Waals surface area contributed by atoms with Crippen LogP contribution in [0.1, 0.15) is 11.1 Å². The minimum Gasteiger partial charge on any atom is -0.487 e. The first-order valence-electron chi connectivity index (χ1n) is 5.14. The van der Waals surface area contributed by atoms with Crippen molar-refractivity contribution in [2.75, 3.05) is 5.73 Å². The van der Waals surface area contributed by atoms with Crippen LogP contribution < -0.4 is 10.5 Å². The number of hydrogen-bond donors (Lipinski definition) is 1. The number of anilines is 1. The van der Waals surface area contributed by atoms with Crippen molar-refractivity contribution in [2.24, 2.45) is 0 Å². The molecule has 16 heavy (non-hydrogen) atoms. The Labute approximate surface area is 94.9 Å². The number of rotatable bonds is 3. The third kappa shape index (κ3) is 2.31. The smallest absolute Gasteiger partial charge is 0.143 e. The monoisotopic (exact) mass is 214 g/mol. The molecule has 0 aliphatic heterocycles. The molecule has 0 saturated heterocycles. The predicted molar refractivity (Wildman–Crippen MR) is 64.2 cm³/mol. The molecule has 0 spiro atoms. The molecule has 0 bridgehead atoms. The minimum atomic E-state index is 0.535. The van der Waals surface area contributed by atoms with Crippen LogP contribution in [0.4, 0.5) is 5.69 Å². The van der Waals surface area contributed by atoms with E-state index in [1.54, 1.807) is 12.4 Å². The minimum absolute atomic E-state index is 0.535. The Morgan fingerprint density at radius 1 is 1.19 bits per heavy atom. The zero-order chi connectivity index (χ0) is 11.4. The van der Waals surface area contributed by atoms with Crippen molar-refractivity contribution in [3.8, 4) is 5.75 Å². The lowest BCUT2D eigenvalue weighted by Gasteiger charge is -2.09. The van der Waals surface area contributed by atoms with Crippen LogP contribution in [0.3, 0.4) is 0 Å². The zero-order valence-corrected chi connectivity index (χ0v) is 9.18. The van der Waals surface area contributed by atoms with Gasteiger partial charge in [0.15, 0.2) is 0 Å². The first-order valence-corrected chi connectivity index (χ1v) is 5.14. The Balaban J connectivity index is 2.08. The SMILES string of the molecule is Cc1c(N)cncc1OCc1ccccc1. The van der Waals surface area contributed by atoms with Gasteiger partial charge in [0.25, 0.3) is 0 Å².